The molecule has 4 rings (SSSR count). The normalized spacial score (nSPS) is 12.5. The lowest BCUT2D eigenvalue weighted by Gasteiger charge is -2.16. The van der Waals surface area contributed by atoms with Gasteiger partial charge in [0.1, 0.15) is 11.0 Å². The number of aromatic nitrogens is 1. The molecule has 4 N–H and O–H groups in total. The van der Waals surface area contributed by atoms with Crippen LogP contribution in [0.2, 0.25) is 0 Å². The van der Waals surface area contributed by atoms with E-state index < -0.39 is 16.1 Å². The van der Waals surface area contributed by atoms with E-state index in [1.54, 1.807) is 18.3 Å². The van der Waals surface area contributed by atoms with Crippen molar-refractivity contribution in [1.82, 2.24) is 4.98 Å². The van der Waals surface area contributed by atoms with Gasteiger partial charge in [0.25, 0.3) is 0 Å². The molecule has 0 aliphatic heterocycles. The second kappa shape index (κ2) is 8.46. The lowest BCUT2D eigenvalue weighted by molar-refractivity contribution is -0.116. The maximum Gasteiger partial charge on any atom is 0.246 e. The van der Waals surface area contributed by atoms with Crippen molar-refractivity contribution in [3.63, 3.8) is 0 Å². The summed E-state index contributed by atoms with van der Waals surface area (Å²) in [7, 11) is -3.77. The standard InChI is InChI=1S/C22H20N4O3S2/c1-14(21(27)25-16-9-11-18(12-10-16)31(23,28)29)24-17-6-4-5-15(13-17)22-26-19-7-2-3-8-20(19)30-22/h2-14,24H,1H3,(H,25,27)(H2,23,28,29)/t14-/m1/s1. The fourth-order valence-electron chi connectivity index (χ4n) is 3.03. The van der Waals surface area contributed by atoms with Crippen LogP contribution in [-0.2, 0) is 14.8 Å². The van der Waals surface area contributed by atoms with E-state index in [-0.39, 0.29) is 10.8 Å². The van der Waals surface area contributed by atoms with E-state index in [0.717, 1.165) is 26.5 Å². The summed E-state index contributed by atoms with van der Waals surface area (Å²) in [6.45, 7) is 1.75. The van der Waals surface area contributed by atoms with Gasteiger partial charge in [-0.25, -0.2) is 18.5 Å². The maximum absolute atomic E-state index is 12.5. The molecule has 0 spiro atoms. The molecule has 0 unspecified atom stereocenters. The van der Waals surface area contributed by atoms with Crippen LogP contribution in [0.5, 0.6) is 0 Å². The van der Waals surface area contributed by atoms with Crippen molar-refractivity contribution < 1.29 is 13.2 Å². The number of carbonyl (C=O) groups is 1. The van der Waals surface area contributed by atoms with Crippen LogP contribution < -0.4 is 15.8 Å². The first-order valence-electron chi connectivity index (χ1n) is 9.46. The number of hydrogen-bond donors (Lipinski definition) is 3. The summed E-state index contributed by atoms with van der Waals surface area (Å²) in [6.07, 6.45) is 0. The van der Waals surface area contributed by atoms with Crippen LogP contribution in [0, 0.1) is 0 Å². The zero-order valence-corrected chi connectivity index (χ0v) is 18.2. The number of benzene rings is 3. The van der Waals surface area contributed by atoms with Crippen LogP contribution in [0.15, 0.2) is 77.7 Å². The predicted octanol–water partition coefficient (Wildman–Crippen LogP) is 4.05. The van der Waals surface area contributed by atoms with E-state index in [2.05, 4.69) is 15.6 Å². The molecule has 0 saturated carbocycles. The molecule has 1 atom stereocenters. The number of thiazole rings is 1. The molecule has 158 valence electrons. The Balaban J connectivity index is 1.45. The van der Waals surface area contributed by atoms with Gasteiger partial charge in [0.2, 0.25) is 15.9 Å². The van der Waals surface area contributed by atoms with Crippen LogP contribution in [0.25, 0.3) is 20.8 Å². The first kappa shape index (κ1) is 21.0. The van der Waals surface area contributed by atoms with E-state index >= 15 is 0 Å². The lowest BCUT2D eigenvalue weighted by Crippen LogP contribution is -2.31. The summed E-state index contributed by atoms with van der Waals surface area (Å²) in [5.41, 5.74) is 3.21. The van der Waals surface area contributed by atoms with Gasteiger partial charge in [-0.3, -0.25) is 4.79 Å². The van der Waals surface area contributed by atoms with Gasteiger partial charge in [0.05, 0.1) is 15.1 Å². The van der Waals surface area contributed by atoms with E-state index in [9.17, 15) is 13.2 Å². The Hall–Kier alpha value is -3.27. The number of nitrogens with zero attached hydrogens (tertiary/aromatic N) is 1. The number of hydrogen-bond acceptors (Lipinski definition) is 6. The highest BCUT2D eigenvalue weighted by atomic mass is 32.2. The molecule has 3 aromatic carbocycles. The molecule has 0 radical (unpaired) electrons. The molecule has 0 bridgehead atoms. The van der Waals surface area contributed by atoms with Crippen molar-refractivity contribution in [2.24, 2.45) is 5.14 Å². The summed E-state index contributed by atoms with van der Waals surface area (Å²) in [5, 5.41) is 12.0. The Kier molecular flexibility index (Phi) is 5.73. The van der Waals surface area contributed by atoms with Crippen LogP contribution >= 0.6 is 11.3 Å². The molecule has 7 nitrogen and oxygen atoms in total. The molecule has 1 heterocycles. The fourth-order valence-corrected chi connectivity index (χ4v) is 4.51. The van der Waals surface area contributed by atoms with E-state index in [1.165, 1.54) is 24.3 Å². The number of carbonyl (C=O) groups excluding carboxylic acids is 1. The number of fused-ring (bicyclic) bond motifs is 1. The second-order valence-electron chi connectivity index (χ2n) is 6.99. The Morgan fingerprint density at radius 2 is 1.74 bits per heavy atom. The van der Waals surface area contributed by atoms with Gasteiger partial charge in [-0.1, -0.05) is 24.3 Å². The van der Waals surface area contributed by atoms with Gasteiger partial charge in [0.15, 0.2) is 0 Å². The molecular formula is C22H20N4O3S2. The van der Waals surface area contributed by atoms with Crippen molar-refractivity contribution >= 4 is 48.9 Å². The highest BCUT2D eigenvalue weighted by molar-refractivity contribution is 7.89. The second-order valence-corrected chi connectivity index (χ2v) is 9.58. The number of nitrogens with one attached hydrogen (secondary N) is 2. The van der Waals surface area contributed by atoms with Crippen molar-refractivity contribution in [2.75, 3.05) is 10.6 Å². The maximum atomic E-state index is 12.5. The lowest BCUT2D eigenvalue weighted by atomic mass is 10.2. The minimum Gasteiger partial charge on any atom is -0.374 e. The smallest absolute Gasteiger partial charge is 0.246 e. The van der Waals surface area contributed by atoms with Gasteiger partial charge < -0.3 is 10.6 Å². The summed E-state index contributed by atoms with van der Waals surface area (Å²) >= 11 is 1.62. The van der Waals surface area contributed by atoms with Gasteiger partial charge in [-0.05, 0) is 55.5 Å². The number of para-hydroxylation sites is 1. The Labute approximate surface area is 184 Å². The van der Waals surface area contributed by atoms with E-state index in [0.29, 0.717) is 5.69 Å². The molecular weight excluding hydrogens is 432 g/mol. The van der Waals surface area contributed by atoms with Crippen molar-refractivity contribution in [2.45, 2.75) is 17.9 Å². The highest BCUT2D eigenvalue weighted by Crippen LogP contribution is 2.31. The molecule has 0 fully saturated rings. The number of amides is 1. The number of nitrogens with two attached hydrogens (primary N) is 1. The first-order chi connectivity index (χ1) is 14.8. The van der Waals surface area contributed by atoms with Gasteiger partial charge in [-0.15, -0.1) is 11.3 Å². The average Bonchev–Trinajstić information content (AvgIpc) is 3.18. The average molecular weight is 453 g/mol. The third-order valence-electron chi connectivity index (χ3n) is 4.63. The predicted molar refractivity (Wildman–Crippen MR) is 125 cm³/mol. The molecule has 1 aromatic heterocycles. The van der Waals surface area contributed by atoms with Crippen LogP contribution in [0.1, 0.15) is 6.92 Å². The molecule has 31 heavy (non-hydrogen) atoms. The van der Waals surface area contributed by atoms with Crippen molar-refractivity contribution in [3.05, 3.63) is 72.8 Å². The first-order valence-corrected chi connectivity index (χ1v) is 11.8. The quantitative estimate of drug-likeness (QED) is 0.408. The summed E-state index contributed by atoms with van der Waals surface area (Å²) in [6, 6.07) is 20.9. The van der Waals surface area contributed by atoms with Crippen LogP contribution in [0.3, 0.4) is 0 Å². The van der Waals surface area contributed by atoms with Crippen molar-refractivity contribution in [1.29, 1.82) is 0 Å². The van der Waals surface area contributed by atoms with E-state index in [1.807, 2.05) is 48.5 Å². The number of sulfonamides is 1. The molecule has 0 aliphatic carbocycles. The van der Waals surface area contributed by atoms with Gasteiger partial charge >= 0.3 is 0 Å². The summed E-state index contributed by atoms with van der Waals surface area (Å²) < 4.78 is 23.8. The van der Waals surface area contributed by atoms with E-state index in [4.69, 9.17) is 5.14 Å². The Bertz CT molecular complexity index is 1320. The molecule has 0 saturated heterocycles. The zero-order valence-electron chi connectivity index (χ0n) is 16.6. The SMILES string of the molecule is C[C@@H](Nc1cccc(-c2nc3ccccc3s2)c1)C(=O)Nc1ccc(S(N)(=O)=O)cc1. The van der Waals surface area contributed by atoms with Crippen LogP contribution in [-0.4, -0.2) is 25.4 Å². The highest BCUT2D eigenvalue weighted by Gasteiger charge is 2.15. The third kappa shape index (κ3) is 4.91. The van der Waals surface area contributed by atoms with Gasteiger partial charge in [0, 0.05) is 16.9 Å². The largest absolute Gasteiger partial charge is 0.374 e. The van der Waals surface area contributed by atoms with Crippen LogP contribution in [0.4, 0.5) is 11.4 Å². The van der Waals surface area contributed by atoms with Crippen molar-refractivity contribution in [3.8, 4) is 10.6 Å². The minimum absolute atomic E-state index is 0.0108. The molecule has 9 heteroatoms. The number of anilines is 2. The van der Waals surface area contributed by atoms with Gasteiger partial charge in [-0.2, -0.15) is 0 Å². The Morgan fingerprint density at radius 1 is 1.00 bits per heavy atom. The summed E-state index contributed by atoms with van der Waals surface area (Å²) in [5.74, 6) is -0.256. The zero-order chi connectivity index (χ0) is 22.0. The molecule has 0 aliphatic rings. The summed E-state index contributed by atoms with van der Waals surface area (Å²) in [4.78, 5) is 17.2. The number of rotatable bonds is 6. The molecule has 1 amide bonds. The third-order valence-corrected chi connectivity index (χ3v) is 6.64. The fraction of sp³-hybridized carbons (Fsp3) is 0.0909. The Morgan fingerprint density at radius 3 is 2.45 bits per heavy atom. The minimum atomic E-state index is -3.77. The number of primary sulfonamides is 1. The topological polar surface area (TPSA) is 114 Å². The molecule has 4 aromatic rings. The monoisotopic (exact) mass is 452 g/mol.